The number of aliphatic hydroxyl groups excluding tert-OH is 2. The Balaban J connectivity index is 1.65. The molecule has 8 nitrogen and oxygen atoms in total. The minimum atomic E-state index is -1.70. The molecule has 2 fully saturated rings. The Kier molecular flexibility index (Phi) is 4.45. The second kappa shape index (κ2) is 6.23. The zero-order valence-corrected chi connectivity index (χ0v) is 12.4. The normalized spacial score (nSPS) is 38.9. The predicted octanol–water partition coefficient (Wildman–Crippen LogP) is -1.24. The highest BCUT2D eigenvalue weighted by Gasteiger charge is 2.71. The average molecular weight is 327 g/mol. The second-order valence-corrected chi connectivity index (χ2v) is 5.82. The topological polar surface area (TPSA) is 135 Å². The zero-order chi connectivity index (χ0) is 16.6. The summed E-state index contributed by atoms with van der Waals surface area (Å²) >= 11 is 0. The average Bonchev–Trinajstić information content (AvgIpc) is 2.65. The lowest BCUT2D eigenvalue weighted by atomic mass is 9.89. The molecule has 6 atom stereocenters. The number of aliphatic hydroxyl groups is 3. The van der Waals surface area contributed by atoms with Gasteiger partial charge in [0.05, 0.1) is 37.3 Å². The first kappa shape index (κ1) is 16.4. The summed E-state index contributed by atoms with van der Waals surface area (Å²) in [4.78, 5) is 0. The Morgan fingerprint density at radius 3 is 2.52 bits per heavy atom. The summed E-state index contributed by atoms with van der Waals surface area (Å²) in [6.45, 7) is 0.464. The largest absolute Gasteiger partial charge is 0.508 e. The van der Waals surface area contributed by atoms with Gasteiger partial charge in [-0.15, -0.1) is 0 Å². The molecule has 0 amide bonds. The van der Waals surface area contributed by atoms with E-state index >= 15 is 0 Å². The van der Waals surface area contributed by atoms with Crippen molar-refractivity contribution in [3.63, 3.8) is 0 Å². The van der Waals surface area contributed by atoms with Gasteiger partial charge in [0.15, 0.2) is 12.1 Å². The summed E-state index contributed by atoms with van der Waals surface area (Å²) in [5, 5.41) is 40.1. The number of rotatable bonds is 6. The first-order valence-electron chi connectivity index (χ1n) is 7.47. The molecule has 3 rings (SSSR count). The van der Waals surface area contributed by atoms with Crippen LogP contribution in [0.5, 0.6) is 11.5 Å². The van der Waals surface area contributed by atoms with Gasteiger partial charge in [0.25, 0.3) is 0 Å². The van der Waals surface area contributed by atoms with Crippen molar-refractivity contribution in [2.24, 2.45) is 17.6 Å². The van der Waals surface area contributed by atoms with E-state index in [9.17, 15) is 20.4 Å². The van der Waals surface area contributed by atoms with E-state index in [2.05, 4.69) is 0 Å². The lowest BCUT2D eigenvalue weighted by Gasteiger charge is -2.49. The maximum atomic E-state index is 10.6. The van der Waals surface area contributed by atoms with Crippen LogP contribution in [-0.4, -0.2) is 64.5 Å². The van der Waals surface area contributed by atoms with E-state index in [1.807, 2.05) is 0 Å². The number of phenolic OH excluding ortho intramolecular Hbond substituents is 1. The second-order valence-electron chi connectivity index (χ2n) is 5.82. The summed E-state index contributed by atoms with van der Waals surface area (Å²) in [5.74, 6) is -2.71. The van der Waals surface area contributed by atoms with E-state index in [4.69, 9.17) is 19.9 Å². The molecule has 8 heteroatoms. The first-order chi connectivity index (χ1) is 11.0. The quantitative estimate of drug-likeness (QED) is 0.438. The number of fused-ring (bicyclic) bond motifs is 1. The van der Waals surface area contributed by atoms with Crippen molar-refractivity contribution < 1.29 is 34.6 Å². The van der Waals surface area contributed by atoms with E-state index < -0.39 is 36.1 Å². The van der Waals surface area contributed by atoms with Crippen molar-refractivity contribution in [2.75, 3.05) is 19.8 Å². The molecule has 1 saturated carbocycles. The summed E-state index contributed by atoms with van der Waals surface area (Å²) in [5.41, 5.74) is 5.34. The van der Waals surface area contributed by atoms with Crippen LogP contribution in [0.4, 0.5) is 0 Å². The number of hydrogen-bond acceptors (Lipinski definition) is 8. The molecule has 0 radical (unpaired) electrons. The number of phenols is 1. The van der Waals surface area contributed by atoms with Crippen LogP contribution in [0.3, 0.4) is 0 Å². The van der Waals surface area contributed by atoms with Gasteiger partial charge in [-0.1, -0.05) is 0 Å². The van der Waals surface area contributed by atoms with E-state index in [-0.39, 0.29) is 25.5 Å². The third-order valence-electron chi connectivity index (χ3n) is 4.40. The molecular weight excluding hydrogens is 306 g/mol. The number of hydrogen-bond donors (Lipinski definition) is 5. The summed E-state index contributed by atoms with van der Waals surface area (Å²) in [6, 6.07) is 6.04. The Bertz CT molecular complexity index is 539. The molecule has 1 aromatic carbocycles. The molecule has 4 unspecified atom stereocenters. The van der Waals surface area contributed by atoms with Gasteiger partial charge in [0.2, 0.25) is 0 Å². The highest BCUT2D eigenvalue weighted by atomic mass is 16.8. The lowest BCUT2D eigenvalue weighted by molar-refractivity contribution is -0.437. The van der Waals surface area contributed by atoms with E-state index in [0.29, 0.717) is 5.75 Å². The van der Waals surface area contributed by atoms with Crippen LogP contribution in [-0.2, 0) is 9.47 Å². The molecule has 6 N–H and O–H groups in total. The van der Waals surface area contributed by atoms with Crippen molar-refractivity contribution in [1.82, 2.24) is 0 Å². The SMILES string of the molecule is NCCO[C@H]1OC2(O)C1C(O)[C@H](O)C2COc1ccc(O)cc1. The number of aromatic hydroxyl groups is 1. The molecule has 0 aromatic heterocycles. The van der Waals surface area contributed by atoms with Crippen LogP contribution in [0.15, 0.2) is 24.3 Å². The van der Waals surface area contributed by atoms with Crippen LogP contribution in [0.25, 0.3) is 0 Å². The highest BCUT2D eigenvalue weighted by molar-refractivity contribution is 5.30. The van der Waals surface area contributed by atoms with Gasteiger partial charge in [-0.05, 0) is 24.3 Å². The lowest BCUT2D eigenvalue weighted by Crippen LogP contribution is -2.64. The Hall–Kier alpha value is -1.42. The molecule has 1 aliphatic heterocycles. The van der Waals surface area contributed by atoms with Gasteiger partial charge in [-0.2, -0.15) is 0 Å². The number of ether oxygens (including phenoxy) is 3. The molecule has 1 saturated heterocycles. The van der Waals surface area contributed by atoms with Crippen LogP contribution < -0.4 is 10.5 Å². The van der Waals surface area contributed by atoms with E-state index in [1.54, 1.807) is 12.1 Å². The fourth-order valence-electron chi connectivity index (χ4n) is 3.16. The molecule has 1 aromatic rings. The summed E-state index contributed by atoms with van der Waals surface area (Å²) in [7, 11) is 0. The predicted molar refractivity (Wildman–Crippen MR) is 77.4 cm³/mol. The Labute approximate surface area is 133 Å². The third kappa shape index (κ3) is 2.78. The number of nitrogens with two attached hydrogens (primary N) is 1. The van der Waals surface area contributed by atoms with E-state index in [0.717, 1.165) is 0 Å². The van der Waals surface area contributed by atoms with Crippen molar-refractivity contribution in [3.8, 4) is 11.5 Å². The van der Waals surface area contributed by atoms with Crippen molar-refractivity contribution in [2.45, 2.75) is 24.3 Å². The first-order valence-corrected chi connectivity index (χ1v) is 7.47. The standard InChI is InChI=1S/C15H21NO7/c16-5-6-21-14-11-13(19)12(18)10(15(11,20)23-14)7-22-9-3-1-8(17)2-4-9/h1-4,10-14,17-20H,5-7,16H2/t10?,11?,12-,13?,14+,15?/m1/s1. The minimum absolute atomic E-state index is 0.0559. The summed E-state index contributed by atoms with van der Waals surface area (Å²) < 4.78 is 16.2. The van der Waals surface area contributed by atoms with Gasteiger partial charge >= 0.3 is 0 Å². The maximum Gasteiger partial charge on any atom is 0.187 e. The zero-order valence-electron chi connectivity index (χ0n) is 12.4. The van der Waals surface area contributed by atoms with Crippen molar-refractivity contribution >= 4 is 0 Å². The van der Waals surface area contributed by atoms with Gasteiger partial charge < -0.3 is 40.4 Å². The smallest absolute Gasteiger partial charge is 0.187 e. The Morgan fingerprint density at radius 2 is 1.87 bits per heavy atom. The van der Waals surface area contributed by atoms with Gasteiger partial charge in [-0.25, -0.2) is 0 Å². The third-order valence-corrected chi connectivity index (χ3v) is 4.40. The maximum absolute atomic E-state index is 10.6. The summed E-state index contributed by atoms with van der Waals surface area (Å²) in [6.07, 6.45) is -3.18. The fourth-order valence-corrected chi connectivity index (χ4v) is 3.16. The van der Waals surface area contributed by atoms with E-state index in [1.165, 1.54) is 12.1 Å². The molecule has 1 heterocycles. The molecule has 0 spiro atoms. The van der Waals surface area contributed by atoms with Gasteiger partial charge in [0.1, 0.15) is 11.5 Å². The molecule has 0 bridgehead atoms. The minimum Gasteiger partial charge on any atom is -0.508 e. The highest BCUT2D eigenvalue weighted by Crippen LogP contribution is 2.53. The van der Waals surface area contributed by atoms with Crippen LogP contribution in [0.2, 0.25) is 0 Å². The molecule has 23 heavy (non-hydrogen) atoms. The van der Waals surface area contributed by atoms with Crippen LogP contribution in [0.1, 0.15) is 0 Å². The van der Waals surface area contributed by atoms with Gasteiger partial charge in [0, 0.05) is 6.54 Å². The molecular formula is C15H21NO7. The Morgan fingerprint density at radius 1 is 1.17 bits per heavy atom. The molecule has 1 aliphatic carbocycles. The molecule has 128 valence electrons. The monoisotopic (exact) mass is 327 g/mol. The van der Waals surface area contributed by atoms with Crippen molar-refractivity contribution in [3.05, 3.63) is 24.3 Å². The molecule has 2 aliphatic rings. The van der Waals surface area contributed by atoms with Gasteiger partial charge in [-0.3, -0.25) is 0 Å². The van der Waals surface area contributed by atoms with Crippen LogP contribution in [0, 0.1) is 11.8 Å². The fraction of sp³-hybridized carbons (Fsp3) is 0.600. The van der Waals surface area contributed by atoms with Crippen LogP contribution >= 0.6 is 0 Å². The number of benzene rings is 1. The van der Waals surface area contributed by atoms with Crippen molar-refractivity contribution in [1.29, 1.82) is 0 Å².